The summed E-state index contributed by atoms with van der Waals surface area (Å²) in [6, 6.07) is 10.2. The molecule has 0 spiro atoms. The Kier molecular flexibility index (Phi) is 6.96. The molecule has 0 fully saturated rings. The average molecular weight is 331 g/mol. The van der Waals surface area contributed by atoms with Gasteiger partial charge in [0.2, 0.25) is 5.91 Å². The highest BCUT2D eigenvalue weighted by molar-refractivity contribution is 5.76. The Hall–Kier alpha value is -2.18. The van der Waals surface area contributed by atoms with Gasteiger partial charge in [-0.05, 0) is 44.0 Å². The van der Waals surface area contributed by atoms with E-state index in [-0.39, 0.29) is 12.5 Å². The monoisotopic (exact) mass is 331 g/mol. The molecule has 0 aliphatic carbocycles. The summed E-state index contributed by atoms with van der Waals surface area (Å²) < 4.78 is 7.00. The number of rotatable bonds is 9. The van der Waals surface area contributed by atoms with Crippen molar-refractivity contribution in [3.63, 3.8) is 0 Å². The summed E-state index contributed by atoms with van der Waals surface area (Å²) in [5, 5.41) is 15.8. The highest BCUT2D eigenvalue weighted by atomic mass is 16.5. The van der Waals surface area contributed by atoms with E-state index >= 15 is 0 Å². The number of aromatic nitrogens is 2. The maximum Gasteiger partial charge on any atom is 0.220 e. The Morgan fingerprint density at radius 3 is 2.62 bits per heavy atom. The van der Waals surface area contributed by atoms with Crippen molar-refractivity contribution >= 4 is 5.91 Å². The van der Waals surface area contributed by atoms with Crippen LogP contribution in [-0.2, 0) is 16.0 Å². The highest BCUT2D eigenvalue weighted by Gasteiger charge is 2.05. The van der Waals surface area contributed by atoms with Crippen LogP contribution in [0.5, 0.6) is 0 Å². The third-order valence-corrected chi connectivity index (χ3v) is 3.64. The van der Waals surface area contributed by atoms with Gasteiger partial charge < -0.3 is 15.2 Å². The first kappa shape index (κ1) is 18.2. The second-order valence-electron chi connectivity index (χ2n) is 5.69. The second kappa shape index (κ2) is 9.20. The molecule has 2 rings (SSSR count). The number of carbonyl (C=O) groups excluding carboxylic acids is 1. The van der Waals surface area contributed by atoms with Gasteiger partial charge in [-0.1, -0.05) is 12.1 Å². The standard InChI is InChI=1S/C18H25N3O3/c1-14-13-15(2)21(20-14)17-6-3-16(4-7-17)5-8-18(23)19-9-11-24-12-10-22/h3-4,6-7,13,22H,5,8-12H2,1-2H3,(H,19,23). The summed E-state index contributed by atoms with van der Waals surface area (Å²) >= 11 is 0. The lowest BCUT2D eigenvalue weighted by atomic mass is 10.1. The van der Waals surface area contributed by atoms with Crippen molar-refractivity contribution in [2.24, 2.45) is 0 Å². The number of benzene rings is 1. The van der Waals surface area contributed by atoms with Crippen LogP contribution in [0.1, 0.15) is 23.4 Å². The van der Waals surface area contributed by atoms with Crippen LogP contribution < -0.4 is 5.32 Å². The van der Waals surface area contributed by atoms with E-state index in [4.69, 9.17) is 9.84 Å². The van der Waals surface area contributed by atoms with Crippen molar-refractivity contribution in [1.82, 2.24) is 15.1 Å². The molecule has 0 aliphatic rings. The van der Waals surface area contributed by atoms with Crippen LogP contribution in [0.3, 0.4) is 0 Å². The Morgan fingerprint density at radius 1 is 1.25 bits per heavy atom. The van der Waals surface area contributed by atoms with Crippen LogP contribution in [-0.4, -0.2) is 47.2 Å². The minimum atomic E-state index is 0.00155. The van der Waals surface area contributed by atoms with Crippen LogP contribution in [0.25, 0.3) is 5.69 Å². The normalized spacial score (nSPS) is 10.8. The largest absolute Gasteiger partial charge is 0.394 e. The highest BCUT2D eigenvalue weighted by Crippen LogP contribution is 2.13. The number of aliphatic hydroxyl groups excluding tert-OH is 1. The van der Waals surface area contributed by atoms with Gasteiger partial charge in [0.25, 0.3) is 0 Å². The van der Waals surface area contributed by atoms with Gasteiger partial charge in [-0.2, -0.15) is 5.10 Å². The molecule has 0 saturated heterocycles. The smallest absolute Gasteiger partial charge is 0.220 e. The molecule has 2 aromatic rings. The predicted octanol–water partition coefficient (Wildman–Crippen LogP) is 1.55. The summed E-state index contributed by atoms with van der Waals surface area (Å²) in [6.45, 7) is 5.20. The van der Waals surface area contributed by atoms with E-state index < -0.39 is 0 Å². The van der Waals surface area contributed by atoms with E-state index in [1.807, 2.05) is 48.9 Å². The molecule has 0 atom stereocenters. The van der Waals surface area contributed by atoms with Gasteiger partial charge in [-0.3, -0.25) is 4.79 Å². The van der Waals surface area contributed by atoms with Gasteiger partial charge in [0, 0.05) is 18.7 Å². The molecule has 0 saturated carbocycles. The molecule has 1 aromatic carbocycles. The molecular weight excluding hydrogens is 306 g/mol. The Balaban J connectivity index is 1.78. The molecule has 6 nitrogen and oxygen atoms in total. The van der Waals surface area contributed by atoms with E-state index in [0.29, 0.717) is 32.6 Å². The van der Waals surface area contributed by atoms with Crippen LogP contribution in [0.2, 0.25) is 0 Å². The molecule has 0 aliphatic heterocycles. The molecule has 24 heavy (non-hydrogen) atoms. The Morgan fingerprint density at radius 2 is 2.00 bits per heavy atom. The van der Waals surface area contributed by atoms with Gasteiger partial charge in [0.15, 0.2) is 0 Å². The molecule has 1 heterocycles. The number of nitrogens with one attached hydrogen (secondary N) is 1. The maximum absolute atomic E-state index is 11.8. The third kappa shape index (κ3) is 5.47. The maximum atomic E-state index is 11.8. The third-order valence-electron chi connectivity index (χ3n) is 3.64. The number of carbonyl (C=O) groups is 1. The van der Waals surface area contributed by atoms with E-state index in [1.165, 1.54) is 0 Å². The van der Waals surface area contributed by atoms with Gasteiger partial charge in [0.05, 0.1) is 31.2 Å². The molecule has 0 unspecified atom stereocenters. The summed E-state index contributed by atoms with van der Waals surface area (Å²) in [6.07, 6.45) is 1.14. The lowest BCUT2D eigenvalue weighted by molar-refractivity contribution is -0.121. The second-order valence-corrected chi connectivity index (χ2v) is 5.69. The number of hydrogen-bond acceptors (Lipinski definition) is 4. The predicted molar refractivity (Wildman–Crippen MR) is 92.3 cm³/mol. The van der Waals surface area contributed by atoms with Crippen molar-refractivity contribution in [1.29, 1.82) is 0 Å². The molecule has 0 radical (unpaired) electrons. The van der Waals surface area contributed by atoms with Crippen molar-refractivity contribution < 1.29 is 14.6 Å². The van der Waals surface area contributed by atoms with Crippen molar-refractivity contribution in [3.05, 3.63) is 47.3 Å². The van der Waals surface area contributed by atoms with Gasteiger partial charge >= 0.3 is 0 Å². The zero-order valence-electron chi connectivity index (χ0n) is 14.3. The number of aliphatic hydroxyl groups is 1. The van der Waals surface area contributed by atoms with E-state index in [2.05, 4.69) is 10.4 Å². The Bertz CT molecular complexity index is 650. The summed E-state index contributed by atoms with van der Waals surface area (Å²) in [5.74, 6) is 0.00483. The fraction of sp³-hybridized carbons (Fsp3) is 0.444. The minimum absolute atomic E-state index is 0.00155. The van der Waals surface area contributed by atoms with Gasteiger partial charge in [-0.15, -0.1) is 0 Å². The van der Waals surface area contributed by atoms with Crippen molar-refractivity contribution in [2.75, 3.05) is 26.4 Å². The summed E-state index contributed by atoms with van der Waals surface area (Å²) in [7, 11) is 0. The van der Waals surface area contributed by atoms with Crippen molar-refractivity contribution in [3.8, 4) is 5.69 Å². The summed E-state index contributed by atoms with van der Waals surface area (Å²) in [4.78, 5) is 11.8. The van der Waals surface area contributed by atoms with Crippen LogP contribution in [0.4, 0.5) is 0 Å². The first-order valence-electron chi connectivity index (χ1n) is 8.18. The lowest BCUT2D eigenvalue weighted by Crippen LogP contribution is -2.27. The molecular formula is C18H25N3O3. The topological polar surface area (TPSA) is 76.4 Å². The van der Waals surface area contributed by atoms with Crippen LogP contribution >= 0.6 is 0 Å². The van der Waals surface area contributed by atoms with Gasteiger partial charge in [-0.25, -0.2) is 4.68 Å². The lowest BCUT2D eigenvalue weighted by Gasteiger charge is -2.07. The number of aryl methyl sites for hydroxylation is 3. The fourth-order valence-corrected chi connectivity index (χ4v) is 2.47. The molecule has 1 aromatic heterocycles. The fourth-order valence-electron chi connectivity index (χ4n) is 2.47. The number of ether oxygens (including phenoxy) is 1. The van der Waals surface area contributed by atoms with E-state index in [1.54, 1.807) is 0 Å². The zero-order chi connectivity index (χ0) is 17.4. The Labute approximate surface area is 142 Å². The zero-order valence-corrected chi connectivity index (χ0v) is 14.3. The van der Waals surface area contributed by atoms with Crippen LogP contribution in [0.15, 0.2) is 30.3 Å². The minimum Gasteiger partial charge on any atom is -0.394 e. The number of amides is 1. The quantitative estimate of drug-likeness (QED) is 0.684. The van der Waals surface area contributed by atoms with Gasteiger partial charge in [0.1, 0.15) is 0 Å². The van der Waals surface area contributed by atoms with Crippen molar-refractivity contribution in [2.45, 2.75) is 26.7 Å². The number of hydrogen-bond donors (Lipinski definition) is 2. The molecule has 130 valence electrons. The first-order chi connectivity index (χ1) is 11.6. The van der Waals surface area contributed by atoms with E-state index in [0.717, 1.165) is 22.6 Å². The SMILES string of the molecule is Cc1cc(C)n(-c2ccc(CCC(=O)NCCOCCO)cc2)n1. The number of nitrogens with zero attached hydrogens (tertiary/aromatic N) is 2. The molecule has 0 bridgehead atoms. The average Bonchev–Trinajstić information content (AvgIpc) is 2.91. The molecule has 2 N–H and O–H groups in total. The molecule has 6 heteroatoms. The van der Waals surface area contributed by atoms with Crippen LogP contribution in [0, 0.1) is 13.8 Å². The van der Waals surface area contributed by atoms with E-state index in [9.17, 15) is 4.79 Å². The molecule has 1 amide bonds. The summed E-state index contributed by atoms with van der Waals surface area (Å²) in [5.41, 5.74) is 4.24. The first-order valence-corrected chi connectivity index (χ1v) is 8.18.